The van der Waals surface area contributed by atoms with Gasteiger partial charge in [-0.3, -0.25) is 10.1 Å². The smallest absolute Gasteiger partial charge is 0.270 e. The number of nitrogens with two attached hydrogens (primary N) is 1. The Bertz CT molecular complexity index is 885. The SMILES string of the molecule is CC(C)(C)c1nc(CCNc2ccc([N+](=O)[O-])cc2S(N)(=O)=O)cs1. The van der Waals surface area contributed by atoms with Crippen LogP contribution in [0.1, 0.15) is 31.5 Å². The summed E-state index contributed by atoms with van der Waals surface area (Å²) in [5.41, 5.74) is 0.792. The minimum Gasteiger partial charge on any atom is -0.384 e. The highest BCUT2D eigenvalue weighted by molar-refractivity contribution is 7.89. The molecule has 3 N–H and O–H groups in total. The Morgan fingerprint density at radius 3 is 2.56 bits per heavy atom. The molecular formula is C15H20N4O4S2. The fraction of sp³-hybridized carbons (Fsp3) is 0.400. The summed E-state index contributed by atoms with van der Waals surface area (Å²) >= 11 is 1.59. The Kier molecular flexibility index (Phi) is 5.45. The highest BCUT2D eigenvalue weighted by Gasteiger charge is 2.20. The fourth-order valence-corrected chi connectivity index (χ4v) is 3.77. The van der Waals surface area contributed by atoms with E-state index < -0.39 is 14.9 Å². The molecule has 136 valence electrons. The van der Waals surface area contributed by atoms with Gasteiger partial charge in [-0.1, -0.05) is 20.8 Å². The summed E-state index contributed by atoms with van der Waals surface area (Å²) in [5.74, 6) is 0. The lowest BCUT2D eigenvalue weighted by Gasteiger charge is -2.13. The Morgan fingerprint density at radius 1 is 1.36 bits per heavy atom. The zero-order valence-corrected chi connectivity index (χ0v) is 15.8. The van der Waals surface area contributed by atoms with Crippen LogP contribution in [0.4, 0.5) is 11.4 Å². The van der Waals surface area contributed by atoms with E-state index in [9.17, 15) is 18.5 Å². The van der Waals surface area contributed by atoms with Crippen molar-refractivity contribution in [2.75, 3.05) is 11.9 Å². The number of hydrogen-bond acceptors (Lipinski definition) is 7. The average Bonchev–Trinajstić information content (AvgIpc) is 2.95. The number of nitro groups is 1. The molecule has 8 nitrogen and oxygen atoms in total. The van der Waals surface area contributed by atoms with E-state index in [0.29, 0.717) is 13.0 Å². The fourth-order valence-electron chi connectivity index (χ4n) is 2.10. The number of thiazole rings is 1. The number of rotatable bonds is 6. The van der Waals surface area contributed by atoms with E-state index in [4.69, 9.17) is 5.14 Å². The monoisotopic (exact) mass is 384 g/mol. The maximum Gasteiger partial charge on any atom is 0.270 e. The van der Waals surface area contributed by atoms with Crippen LogP contribution in [-0.2, 0) is 21.9 Å². The Labute approximate surface area is 150 Å². The van der Waals surface area contributed by atoms with Gasteiger partial charge < -0.3 is 5.32 Å². The molecule has 0 aliphatic heterocycles. The lowest BCUT2D eigenvalue weighted by Crippen LogP contribution is -2.16. The van der Waals surface area contributed by atoms with Crippen LogP contribution in [-0.4, -0.2) is 24.9 Å². The number of nitrogens with zero attached hydrogens (tertiary/aromatic N) is 2. The van der Waals surface area contributed by atoms with E-state index >= 15 is 0 Å². The van der Waals surface area contributed by atoms with Crippen molar-refractivity contribution in [2.45, 2.75) is 37.5 Å². The lowest BCUT2D eigenvalue weighted by molar-refractivity contribution is -0.385. The molecule has 10 heteroatoms. The maximum atomic E-state index is 11.7. The third-order valence-corrected chi connectivity index (χ3v) is 5.64. The second kappa shape index (κ2) is 7.06. The minimum atomic E-state index is -4.08. The van der Waals surface area contributed by atoms with Crippen LogP contribution >= 0.6 is 11.3 Å². The van der Waals surface area contributed by atoms with E-state index in [1.54, 1.807) is 11.3 Å². The molecule has 2 rings (SSSR count). The van der Waals surface area contributed by atoms with Crippen LogP contribution in [0.25, 0.3) is 0 Å². The molecule has 1 aromatic carbocycles. The van der Waals surface area contributed by atoms with E-state index in [0.717, 1.165) is 16.8 Å². The summed E-state index contributed by atoms with van der Waals surface area (Å²) in [7, 11) is -4.08. The topological polar surface area (TPSA) is 128 Å². The van der Waals surface area contributed by atoms with Gasteiger partial charge in [0, 0.05) is 35.9 Å². The molecule has 0 atom stereocenters. The largest absolute Gasteiger partial charge is 0.384 e. The van der Waals surface area contributed by atoms with E-state index in [1.807, 2.05) is 5.38 Å². The Morgan fingerprint density at radius 2 is 2.04 bits per heavy atom. The average molecular weight is 384 g/mol. The van der Waals surface area contributed by atoms with Gasteiger partial charge in [0.15, 0.2) is 0 Å². The molecule has 0 aliphatic rings. The quantitative estimate of drug-likeness (QED) is 0.582. The lowest BCUT2D eigenvalue weighted by atomic mass is 9.98. The molecule has 1 aromatic heterocycles. The zero-order valence-electron chi connectivity index (χ0n) is 14.1. The first kappa shape index (κ1) is 19.3. The van der Waals surface area contributed by atoms with Gasteiger partial charge in [-0.05, 0) is 6.07 Å². The van der Waals surface area contributed by atoms with Gasteiger partial charge in [0.1, 0.15) is 4.90 Å². The molecule has 1 heterocycles. The summed E-state index contributed by atoms with van der Waals surface area (Å²) in [4.78, 5) is 14.4. The summed E-state index contributed by atoms with van der Waals surface area (Å²) < 4.78 is 23.4. The second-order valence-corrected chi connectivity index (χ2v) is 8.94. The minimum absolute atomic E-state index is 0.0183. The van der Waals surface area contributed by atoms with E-state index in [2.05, 4.69) is 31.1 Å². The normalized spacial score (nSPS) is 12.2. The van der Waals surface area contributed by atoms with Gasteiger partial charge in [0.25, 0.3) is 5.69 Å². The van der Waals surface area contributed by atoms with Crippen molar-refractivity contribution in [2.24, 2.45) is 5.14 Å². The molecular weight excluding hydrogens is 364 g/mol. The second-order valence-electron chi connectivity index (χ2n) is 6.55. The summed E-state index contributed by atoms with van der Waals surface area (Å²) in [5, 5.41) is 21.9. The van der Waals surface area contributed by atoms with Crippen molar-refractivity contribution in [1.29, 1.82) is 0 Å². The van der Waals surface area contributed by atoms with Gasteiger partial charge in [-0.2, -0.15) is 0 Å². The number of hydrogen-bond donors (Lipinski definition) is 2. The molecule has 0 saturated carbocycles. The van der Waals surface area contributed by atoms with Crippen LogP contribution in [0.2, 0.25) is 0 Å². The standard InChI is InChI=1S/C15H20N4O4S2/c1-15(2,3)14-18-10(9-24-14)6-7-17-12-5-4-11(19(20)21)8-13(12)25(16,22)23/h4-5,8-9,17H,6-7H2,1-3H3,(H2,16,22,23). The van der Waals surface area contributed by atoms with Gasteiger partial charge >= 0.3 is 0 Å². The van der Waals surface area contributed by atoms with Crippen LogP contribution < -0.4 is 10.5 Å². The maximum absolute atomic E-state index is 11.7. The third-order valence-electron chi connectivity index (χ3n) is 3.37. The molecule has 2 aromatic rings. The summed E-state index contributed by atoms with van der Waals surface area (Å²) in [6.45, 7) is 6.68. The van der Waals surface area contributed by atoms with Crippen molar-refractivity contribution in [3.05, 3.63) is 44.4 Å². The van der Waals surface area contributed by atoms with Crippen molar-refractivity contribution in [3.63, 3.8) is 0 Å². The Hall–Kier alpha value is -2.04. The molecule has 0 fully saturated rings. The van der Waals surface area contributed by atoms with Gasteiger partial charge in [0.05, 0.1) is 21.3 Å². The van der Waals surface area contributed by atoms with Gasteiger partial charge in [0.2, 0.25) is 10.0 Å². The molecule has 0 amide bonds. The zero-order chi connectivity index (χ0) is 18.8. The third kappa shape index (κ3) is 4.97. The number of non-ortho nitro benzene ring substituents is 1. The number of sulfonamides is 1. The highest BCUT2D eigenvalue weighted by Crippen LogP contribution is 2.27. The van der Waals surface area contributed by atoms with Gasteiger partial charge in [-0.15, -0.1) is 11.3 Å². The first-order valence-electron chi connectivity index (χ1n) is 7.48. The van der Waals surface area contributed by atoms with Crippen molar-refractivity contribution in [3.8, 4) is 0 Å². The molecule has 0 radical (unpaired) electrons. The molecule has 25 heavy (non-hydrogen) atoms. The number of benzene rings is 1. The van der Waals surface area contributed by atoms with Crippen LogP contribution in [0.15, 0.2) is 28.5 Å². The number of nitro benzene ring substituents is 1. The molecule has 0 bridgehead atoms. The van der Waals surface area contributed by atoms with Crippen LogP contribution in [0.3, 0.4) is 0 Å². The first-order valence-corrected chi connectivity index (χ1v) is 9.91. The number of aromatic nitrogens is 1. The Balaban J connectivity index is 2.13. The summed E-state index contributed by atoms with van der Waals surface area (Å²) in [6, 6.07) is 3.54. The van der Waals surface area contributed by atoms with Crippen LogP contribution in [0, 0.1) is 10.1 Å². The molecule has 0 aliphatic carbocycles. The van der Waals surface area contributed by atoms with Crippen LogP contribution in [0.5, 0.6) is 0 Å². The predicted octanol–water partition coefficient (Wildman–Crippen LogP) is 2.65. The van der Waals surface area contributed by atoms with Crippen molar-refractivity contribution >= 4 is 32.7 Å². The molecule has 0 unspecified atom stereocenters. The van der Waals surface area contributed by atoms with E-state index in [-0.39, 0.29) is 21.7 Å². The number of nitrogens with one attached hydrogen (secondary N) is 1. The van der Waals surface area contributed by atoms with Gasteiger partial charge in [-0.25, -0.2) is 18.5 Å². The van der Waals surface area contributed by atoms with Crippen molar-refractivity contribution < 1.29 is 13.3 Å². The molecule has 0 saturated heterocycles. The first-order chi connectivity index (χ1) is 11.5. The number of anilines is 1. The summed E-state index contributed by atoms with van der Waals surface area (Å²) in [6.07, 6.45) is 0.591. The van der Waals surface area contributed by atoms with Crippen molar-refractivity contribution in [1.82, 2.24) is 4.98 Å². The molecule has 0 spiro atoms. The highest BCUT2D eigenvalue weighted by atomic mass is 32.2. The van der Waals surface area contributed by atoms with E-state index in [1.165, 1.54) is 12.1 Å². The number of primary sulfonamides is 1. The predicted molar refractivity (Wildman–Crippen MR) is 97.5 cm³/mol.